The molecule has 2 amide bonds. The summed E-state index contributed by atoms with van der Waals surface area (Å²) >= 11 is 0. The van der Waals surface area contributed by atoms with Crippen molar-refractivity contribution in [3.8, 4) is 22.9 Å². The van der Waals surface area contributed by atoms with Crippen LogP contribution in [0.4, 0.5) is 11.4 Å². The van der Waals surface area contributed by atoms with Crippen LogP contribution >= 0.6 is 0 Å². The van der Waals surface area contributed by atoms with Gasteiger partial charge in [-0.05, 0) is 65.7 Å². The molecule has 0 radical (unpaired) electrons. The summed E-state index contributed by atoms with van der Waals surface area (Å²) < 4.78 is 2.02. The van der Waals surface area contributed by atoms with E-state index in [-0.39, 0.29) is 11.8 Å². The van der Waals surface area contributed by atoms with E-state index in [9.17, 15) is 14.9 Å². The maximum atomic E-state index is 13.9. The van der Waals surface area contributed by atoms with E-state index < -0.39 is 0 Å². The van der Waals surface area contributed by atoms with Gasteiger partial charge in [0.15, 0.2) is 5.69 Å². The molecule has 0 unspecified atom stereocenters. The van der Waals surface area contributed by atoms with Gasteiger partial charge in [-0.3, -0.25) is 9.59 Å². The number of hydrogen-bond acceptors (Lipinski definition) is 3. The summed E-state index contributed by atoms with van der Waals surface area (Å²) in [4.78, 5) is 32.1. The number of para-hydroxylation sites is 2. The molecule has 0 aliphatic carbocycles. The van der Waals surface area contributed by atoms with Gasteiger partial charge in [-0.15, -0.1) is 0 Å². The normalized spacial score (nSPS) is 12.5. The van der Waals surface area contributed by atoms with Crippen LogP contribution in [-0.2, 0) is 0 Å². The molecule has 6 nitrogen and oxygen atoms in total. The van der Waals surface area contributed by atoms with Crippen LogP contribution < -0.4 is 4.90 Å². The highest BCUT2D eigenvalue weighted by molar-refractivity contribution is 6.35. The van der Waals surface area contributed by atoms with Gasteiger partial charge in [-0.1, -0.05) is 54.6 Å². The van der Waals surface area contributed by atoms with Gasteiger partial charge >= 0.3 is 0 Å². The van der Waals surface area contributed by atoms with Gasteiger partial charge in [0, 0.05) is 16.3 Å². The maximum absolute atomic E-state index is 13.9. The first-order chi connectivity index (χ1) is 19.6. The second kappa shape index (κ2) is 8.80. The first-order valence-electron chi connectivity index (χ1n) is 12.6. The van der Waals surface area contributed by atoms with Crippen LogP contribution in [0, 0.1) is 17.9 Å². The van der Waals surface area contributed by atoms with Crippen LogP contribution in [0.25, 0.3) is 43.5 Å². The highest BCUT2D eigenvalue weighted by Gasteiger charge is 2.39. The summed E-state index contributed by atoms with van der Waals surface area (Å²) in [6.07, 6.45) is 0. The number of imide groups is 1. The number of rotatable bonds is 3. The molecule has 0 atom stereocenters. The van der Waals surface area contributed by atoms with E-state index in [4.69, 9.17) is 6.57 Å². The Morgan fingerprint density at radius 1 is 0.725 bits per heavy atom. The lowest BCUT2D eigenvalue weighted by Crippen LogP contribution is -2.29. The van der Waals surface area contributed by atoms with Crippen LogP contribution in [0.5, 0.6) is 0 Å². The molecule has 7 rings (SSSR count). The summed E-state index contributed by atoms with van der Waals surface area (Å²) in [7, 11) is 0. The molecule has 0 N–H and O–H groups in total. The van der Waals surface area contributed by atoms with E-state index in [1.165, 1.54) is 4.90 Å². The zero-order valence-corrected chi connectivity index (χ0v) is 21.0. The maximum Gasteiger partial charge on any atom is 0.268 e. The number of fused-ring (bicyclic) bond motifs is 4. The van der Waals surface area contributed by atoms with Gasteiger partial charge < -0.3 is 4.57 Å². The minimum atomic E-state index is -0.368. The molecule has 5 aromatic carbocycles. The van der Waals surface area contributed by atoms with Crippen LogP contribution in [0.2, 0.25) is 0 Å². The molecule has 1 aliphatic rings. The molecule has 186 valence electrons. The van der Waals surface area contributed by atoms with Crippen molar-refractivity contribution in [2.45, 2.75) is 0 Å². The van der Waals surface area contributed by atoms with Crippen LogP contribution in [-0.4, -0.2) is 16.4 Å². The number of carbonyl (C=O) groups excluding carboxylic acids is 2. The molecule has 0 spiro atoms. The molecule has 2 heterocycles. The van der Waals surface area contributed by atoms with Gasteiger partial charge in [0.25, 0.3) is 11.8 Å². The summed E-state index contributed by atoms with van der Waals surface area (Å²) in [5.41, 5.74) is 6.01. The molecule has 0 saturated heterocycles. The molecule has 40 heavy (non-hydrogen) atoms. The Balaban J connectivity index is 1.53. The summed E-state index contributed by atoms with van der Waals surface area (Å²) in [5.74, 6) is -0.721. The largest absolute Gasteiger partial charge is 0.308 e. The average Bonchev–Trinajstić information content (AvgIpc) is 3.48. The number of carbonyl (C=O) groups is 2. The van der Waals surface area contributed by atoms with Crippen LogP contribution in [0.15, 0.2) is 109 Å². The van der Waals surface area contributed by atoms with E-state index in [0.717, 1.165) is 32.9 Å². The van der Waals surface area contributed by atoms with E-state index >= 15 is 0 Å². The van der Waals surface area contributed by atoms with Crippen molar-refractivity contribution < 1.29 is 9.59 Å². The van der Waals surface area contributed by atoms with Crippen molar-refractivity contribution in [3.63, 3.8) is 0 Å². The van der Waals surface area contributed by atoms with E-state index in [1.54, 1.807) is 54.6 Å². The first kappa shape index (κ1) is 23.2. The van der Waals surface area contributed by atoms with E-state index in [2.05, 4.69) is 10.9 Å². The fourth-order valence-electron chi connectivity index (χ4n) is 5.68. The van der Waals surface area contributed by atoms with Gasteiger partial charge in [0.05, 0.1) is 46.2 Å². The van der Waals surface area contributed by atoms with Crippen molar-refractivity contribution in [1.29, 1.82) is 5.26 Å². The van der Waals surface area contributed by atoms with E-state index in [0.29, 0.717) is 33.8 Å². The third-order valence-electron chi connectivity index (χ3n) is 7.33. The predicted molar refractivity (Wildman–Crippen MR) is 155 cm³/mol. The molecule has 6 heteroatoms. The summed E-state index contributed by atoms with van der Waals surface area (Å²) in [6, 6.07) is 35.4. The summed E-state index contributed by atoms with van der Waals surface area (Å²) in [6.45, 7) is 7.52. The minimum absolute atomic E-state index is 0.352. The van der Waals surface area contributed by atoms with Crippen molar-refractivity contribution in [2.75, 3.05) is 4.90 Å². The third kappa shape index (κ3) is 3.27. The second-order valence-corrected chi connectivity index (χ2v) is 9.53. The third-order valence-corrected chi connectivity index (χ3v) is 7.33. The number of nitrogens with zero attached hydrogens (tertiary/aromatic N) is 4. The van der Waals surface area contributed by atoms with Crippen molar-refractivity contribution in [2.24, 2.45) is 0 Å². The molecule has 0 saturated carbocycles. The van der Waals surface area contributed by atoms with Gasteiger partial charge in [0.2, 0.25) is 0 Å². The zero-order chi connectivity index (χ0) is 27.4. The van der Waals surface area contributed by atoms with Crippen LogP contribution in [0.1, 0.15) is 26.3 Å². The van der Waals surface area contributed by atoms with Crippen molar-refractivity contribution >= 4 is 45.0 Å². The Morgan fingerprint density at radius 2 is 1.45 bits per heavy atom. The molecule has 1 aromatic heterocycles. The number of benzene rings is 5. The number of nitriles is 1. The van der Waals surface area contributed by atoms with Crippen molar-refractivity contribution in [1.82, 2.24) is 4.57 Å². The lowest BCUT2D eigenvalue weighted by atomic mass is 9.97. The Bertz CT molecular complexity index is 2100. The van der Waals surface area contributed by atoms with Crippen molar-refractivity contribution in [3.05, 3.63) is 137 Å². The molecule has 0 fully saturated rings. The lowest BCUT2D eigenvalue weighted by molar-refractivity contribution is 0.0926. The van der Waals surface area contributed by atoms with Gasteiger partial charge in [-0.2, -0.15) is 5.26 Å². The smallest absolute Gasteiger partial charge is 0.268 e. The second-order valence-electron chi connectivity index (χ2n) is 9.53. The molecular weight excluding hydrogens is 496 g/mol. The zero-order valence-electron chi connectivity index (χ0n) is 21.0. The highest BCUT2D eigenvalue weighted by atomic mass is 16.2. The Kier molecular flexibility index (Phi) is 5.10. The Morgan fingerprint density at radius 3 is 2.25 bits per heavy atom. The number of aromatic nitrogens is 1. The Labute approximate surface area is 229 Å². The highest BCUT2D eigenvalue weighted by Crippen LogP contribution is 2.41. The number of hydrogen-bond donors (Lipinski definition) is 0. The minimum Gasteiger partial charge on any atom is -0.308 e. The van der Waals surface area contributed by atoms with Gasteiger partial charge in [0.1, 0.15) is 0 Å². The van der Waals surface area contributed by atoms with E-state index in [1.807, 2.05) is 59.2 Å². The SMILES string of the molecule is [C-]#[N+]c1cc(C#N)cc(-c2cccc3c2c2ccccc2n3-c2cccc3c2C(=O)N(c2ccccc2)C3=O)c1. The fraction of sp³-hybridized carbons (Fsp3) is 0. The predicted octanol–water partition coefficient (Wildman–Crippen LogP) is 7.67. The average molecular weight is 515 g/mol. The Hall–Kier alpha value is -5.98. The molecular formula is C34H18N4O2. The quantitative estimate of drug-likeness (QED) is 0.180. The number of anilines is 1. The lowest BCUT2D eigenvalue weighted by Gasteiger charge is -2.14. The molecule has 6 aromatic rings. The monoisotopic (exact) mass is 514 g/mol. The first-order valence-corrected chi connectivity index (χ1v) is 12.6. The fourth-order valence-corrected chi connectivity index (χ4v) is 5.68. The standard InChI is InChI=1S/C34H18N4O2/c1-36-23-18-21(20-35)17-22(19-23)25-12-7-15-29-31(25)26-11-5-6-14-28(26)38(29)30-16-8-13-27-32(30)34(40)37(33(27)39)24-9-3-2-4-10-24/h2-19H. The van der Waals surface area contributed by atoms with Crippen LogP contribution in [0.3, 0.4) is 0 Å². The summed E-state index contributed by atoms with van der Waals surface area (Å²) in [5, 5.41) is 11.5. The van der Waals surface area contributed by atoms with Gasteiger partial charge in [-0.25, -0.2) is 9.74 Å². The molecule has 1 aliphatic heterocycles. The topological polar surface area (TPSA) is 70.5 Å². The molecule has 0 bridgehead atoms. The number of amides is 2.